The predicted molar refractivity (Wildman–Crippen MR) is 55.5 cm³/mol. The Balaban J connectivity index is 3.75. The minimum absolute atomic E-state index is 0.0307. The van der Waals surface area contributed by atoms with Gasteiger partial charge in [-0.05, 0) is 26.6 Å². The molecule has 0 rings (SSSR count). The molecule has 76 valence electrons. The molecule has 3 heteroatoms. The van der Waals surface area contributed by atoms with Crippen LogP contribution in [0.25, 0.3) is 0 Å². The van der Waals surface area contributed by atoms with Gasteiger partial charge in [-0.15, -0.1) is 0 Å². The molecule has 0 aliphatic heterocycles. The molecule has 1 N–H and O–H groups in total. The molecule has 1 atom stereocenters. The summed E-state index contributed by atoms with van der Waals surface area (Å²) < 4.78 is 0. The fraction of sp³-hybridized carbons (Fsp3) is 0.900. The number of nitrogens with zero attached hydrogens (tertiary/aromatic N) is 2. The first kappa shape index (κ1) is 12.4. The summed E-state index contributed by atoms with van der Waals surface area (Å²) in [5, 5.41) is 11.7. The predicted octanol–water partition coefficient (Wildman–Crippen LogP) is 1.22. The van der Waals surface area contributed by atoms with Gasteiger partial charge in [0, 0.05) is 6.54 Å². The first-order valence-electron chi connectivity index (χ1n) is 5.07. The Labute approximate surface area is 81.7 Å². The van der Waals surface area contributed by atoms with Gasteiger partial charge in [-0.1, -0.05) is 20.3 Å². The van der Waals surface area contributed by atoms with Gasteiger partial charge in [0.1, 0.15) is 6.04 Å². The van der Waals surface area contributed by atoms with Gasteiger partial charge in [0.15, 0.2) is 0 Å². The van der Waals surface area contributed by atoms with Gasteiger partial charge in [0.25, 0.3) is 0 Å². The lowest BCUT2D eigenvalue weighted by molar-refractivity contribution is 0.269. The third-order valence-electron chi connectivity index (χ3n) is 2.22. The minimum atomic E-state index is -0.0307. The van der Waals surface area contributed by atoms with E-state index < -0.39 is 0 Å². The molecule has 13 heavy (non-hydrogen) atoms. The molecule has 0 bridgehead atoms. The minimum Gasteiger partial charge on any atom is -0.304 e. The van der Waals surface area contributed by atoms with Crippen molar-refractivity contribution in [1.29, 1.82) is 5.26 Å². The van der Waals surface area contributed by atoms with E-state index in [-0.39, 0.29) is 6.04 Å². The van der Waals surface area contributed by atoms with Crippen molar-refractivity contribution in [1.82, 2.24) is 10.2 Å². The molecular weight excluding hydrogens is 162 g/mol. The van der Waals surface area contributed by atoms with Crippen LogP contribution >= 0.6 is 0 Å². The van der Waals surface area contributed by atoms with Crippen molar-refractivity contribution in [2.45, 2.75) is 32.7 Å². The van der Waals surface area contributed by atoms with Crippen LogP contribution in [0.2, 0.25) is 0 Å². The van der Waals surface area contributed by atoms with E-state index in [0.717, 1.165) is 19.6 Å². The first-order chi connectivity index (χ1) is 6.28. The van der Waals surface area contributed by atoms with E-state index in [4.69, 9.17) is 5.26 Å². The third-order valence-corrected chi connectivity index (χ3v) is 2.22. The van der Waals surface area contributed by atoms with Crippen molar-refractivity contribution in [3.63, 3.8) is 0 Å². The standard InChI is InChI=1S/C10H21N3/c1-4-6-7-13(5-2)9-10(8-11)12-3/h10,12H,4-7,9H2,1-3H3. The van der Waals surface area contributed by atoms with Crippen LogP contribution in [-0.2, 0) is 0 Å². The zero-order valence-corrected chi connectivity index (χ0v) is 9.01. The molecule has 0 saturated carbocycles. The fourth-order valence-corrected chi connectivity index (χ4v) is 1.22. The average Bonchev–Trinajstić information content (AvgIpc) is 2.19. The van der Waals surface area contributed by atoms with Crippen LogP contribution in [0.1, 0.15) is 26.7 Å². The van der Waals surface area contributed by atoms with Crippen molar-refractivity contribution in [2.75, 3.05) is 26.7 Å². The Morgan fingerprint density at radius 2 is 2.15 bits per heavy atom. The van der Waals surface area contributed by atoms with Gasteiger partial charge in [-0.2, -0.15) is 5.26 Å². The van der Waals surface area contributed by atoms with Gasteiger partial charge in [-0.3, -0.25) is 0 Å². The Hall–Kier alpha value is -0.590. The van der Waals surface area contributed by atoms with Gasteiger partial charge < -0.3 is 10.2 Å². The lowest BCUT2D eigenvalue weighted by Gasteiger charge is -2.22. The molecule has 0 heterocycles. The van der Waals surface area contributed by atoms with E-state index in [9.17, 15) is 0 Å². The van der Waals surface area contributed by atoms with Crippen molar-refractivity contribution >= 4 is 0 Å². The molecule has 0 spiro atoms. The highest BCUT2D eigenvalue weighted by Gasteiger charge is 2.09. The maximum atomic E-state index is 8.76. The summed E-state index contributed by atoms with van der Waals surface area (Å²) in [4.78, 5) is 2.31. The fourth-order valence-electron chi connectivity index (χ4n) is 1.22. The molecule has 0 aliphatic carbocycles. The number of likely N-dealkylation sites (N-methyl/N-ethyl adjacent to an activating group) is 2. The number of nitrogens with one attached hydrogen (secondary N) is 1. The van der Waals surface area contributed by atoms with Gasteiger partial charge >= 0.3 is 0 Å². The second-order valence-electron chi connectivity index (χ2n) is 3.22. The van der Waals surface area contributed by atoms with Crippen LogP contribution in [0.4, 0.5) is 0 Å². The highest BCUT2D eigenvalue weighted by molar-refractivity contribution is 4.90. The second kappa shape index (κ2) is 8.03. The molecule has 0 radical (unpaired) electrons. The topological polar surface area (TPSA) is 39.1 Å². The summed E-state index contributed by atoms with van der Waals surface area (Å²) in [6.07, 6.45) is 2.43. The average molecular weight is 183 g/mol. The molecule has 0 aromatic carbocycles. The van der Waals surface area contributed by atoms with E-state index in [1.165, 1.54) is 12.8 Å². The number of unbranched alkanes of at least 4 members (excludes halogenated alkanes) is 1. The van der Waals surface area contributed by atoms with Crippen LogP contribution < -0.4 is 5.32 Å². The monoisotopic (exact) mass is 183 g/mol. The molecule has 0 saturated heterocycles. The SMILES string of the molecule is CCCCN(CC)CC(C#N)NC. The summed E-state index contributed by atoms with van der Waals surface area (Å²) >= 11 is 0. The number of nitriles is 1. The van der Waals surface area contributed by atoms with E-state index >= 15 is 0 Å². The third kappa shape index (κ3) is 5.62. The Bertz CT molecular complexity index is 151. The molecule has 0 amide bonds. The zero-order chi connectivity index (χ0) is 10.1. The largest absolute Gasteiger partial charge is 0.304 e. The quantitative estimate of drug-likeness (QED) is 0.645. The van der Waals surface area contributed by atoms with Crippen LogP contribution in [0.5, 0.6) is 0 Å². The lowest BCUT2D eigenvalue weighted by Crippen LogP contribution is -2.38. The molecule has 0 aromatic rings. The van der Waals surface area contributed by atoms with Gasteiger partial charge in [-0.25, -0.2) is 0 Å². The highest BCUT2D eigenvalue weighted by atomic mass is 15.1. The molecule has 3 nitrogen and oxygen atoms in total. The van der Waals surface area contributed by atoms with Gasteiger partial charge in [0.2, 0.25) is 0 Å². The van der Waals surface area contributed by atoms with E-state index in [0.29, 0.717) is 0 Å². The molecular formula is C10H21N3. The summed E-state index contributed by atoms with van der Waals surface area (Å²) in [5.41, 5.74) is 0. The van der Waals surface area contributed by atoms with E-state index in [2.05, 4.69) is 30.1 Å². The van der Waals surface area contributed by atoms with Crippen molar-refractivity contribution < 1.29 is 0 Å². The molecule has 0 fully saturated rings. The Kier molecular flexibility index (Phi) is 7.66. The molecule has 0 aromatic heterocycles. The summed E-state index contributed by atoms with van der Waals surface area (Å²) in [7, 11) is 1.83. The Morgan fingerprint density at radius 3 is 2.54 bits per heavy atom. The maximum Gasteiger partial charge on any atom is 0.108 e. The Morgan fingerprint density at radius 1 is 1.46 bits per heavy atom. The molecule has 0 aliphatic rings. The highest BCUT2D eigenvalue weighted by Crippen LogP contribution is 1.96. The second-order valence-corrected chi connectivity index (χ2v) is 3.22. The molecule has 1 unspecified atom stereocenters. The summed E-state index contributed by atoms with van der Waals surface area (Å²) in [5.74, 6) is 0. The van der Waals surface area contributed by atoms with E-state index in [1.807, 2.05) is 7.05 Å². The zero-order valence-electron chi connectivity index (χ0n) is 9.01. The normalized spacial score (nSPS) is 12.8. The van der Waals surface area contributed by atoms with Gasteiger partial charge in [0.05, 0.1) is 6.07 Å². The van der Waals surface area contributed by atoms with E-state index in [1.54, 1.807) is 0 Å². The number of rotatable bonds is 7. The van der Waals surface area contributed by atoms with Crippen LogP contribution in [0.15, 0.2) is 0 Å². The van der Waals surface area contributed by atoms with Crippen molar-refractivity contribution in [3.05, 3.63) is 0 Å². The lowest BCUT2D eigenvalue weighted by atomic mass is 10.2. The van der Waals surface area contributed by atoms with Crippen LogP contribution in [0.3, 0.4) is 0 Å². The summed E-state index contributed by atoms with van der Waals surface area (Å²) in [6.45, 7) is 7.30. The van der Waals surface area contributed by atoms with Crippen LogP contribution in [-0.4, -0.2) is 37.6 Å². The number of hydrogen-bond donors (Lipinski definition) is 1. The number of hydrogen-bond acceptors (Lipinski definition) is 3. The van der Waals surface area contributed by atoms with Crippen LogP contribution in [0, 0.1) is 11.3 Å². The van der Waals surface area contributed by atoms with Crippen molar-refractivity contribution in [2.24, 2.45) is 0 Å². The maximum absolute atomic E-state index is 8.76. The first-order valence-corrected chi connectivity index (χ1v) is 5.07. The smallest absolute Gasteiger partial charge is 0.108 e. The van der Waals surface area contributed by atoms with Crippen molar-refractivity contribution in [3.8, 4) is 6.07 Å². The summed E-state index contributed by atoms with van der Waals surface area (Å²) in [6, 6.07) is 2.21.